The van der Waals surface area contributed by atoms with Crippen LogP contribution in [0.1, 0.15) is 5.56 Å². The van der Waals surface area contributed by atoms with Gasteiger partial charge in [-0.1, -0.05) is 18.2 Å². The molecule has 5 nitrogen and oxygen atoms in total. The van der Waals surface area contributed by atoms with Gasteiger partial charge in [-0.15, -0.1) is 0 Å². The van der Waals surface area contributed by atoms with E-state index in [-0.39, 0.29) is 10.7 Å². The smallest absolute Gasteiger partial charge is 0.264 e. The third-order valence-electron chi connectivity index (χ3n) is 2.87. The predicted octanol–water partition coefficient (Wildman–Crippen LogP) is 1.80. The number of rotatable bonds is 3. The second-order valence-electron chi connectivity index (χ2n) is 4.18. The lowest BCUT2D eigenvalue weighted by molar-refractivity contribution is 0.594. The van der Waals surface area contributed by atoms with Crippen LogP contribution in [0.2, 0.25) is 0 Å². The summed E-state index contributed by atoms with van der Waals surface area (Å²) in [6.45, 7) is 1.86. The highest BCUT2D eigenvalue weighted by atomic mass is 32.2. The molecule has 0 aliphatic rings. The van der Waals surface area contributed by atoms with E-state index >= 15 is 0 Å². The van der Waals surface area contributed by atoms with E-state index in [1.807, 2.05) is 19.1 Å². The largest absolute Gasteiger partial charge is 0.384 e. The molecule has 0 amide bonds. The summed E-state index contributed by atoms with van der Waals surface area (Å²) in [5, 5.41) is 0. The summed E-state index contributed by atoms with van der Waals surface area (Å²) >= 11 is 0. The number of hydrogen-bond acceptors (Lipinski definition) is 4. The monoisotopic (exact) mass is 277 g/mol. The molecule has 0 aliphatic heterocycles. The number of nitrogen functional groups attached to an aromatic ring is 1. The Bertz CT molecular complexity index is 699. The van der Waals surface area contributed by atoms with Gasteiger partial charge in [0.2, 0.25) is 0 Å². The van der Waals surface area contributed by atoms with Crippen molar-refractivity contribution in [2.75, 3.05) is 17.1 Å². The first kappa shape index (κ1) is 13.4. The predicted molar refractivity (Wildman–Crippen MR) is 75.4 cm³/mol. The number of benzene rings is 1. The van der Waals surface area contributed by atoms with Gasteiger partial charge in [-0.3, -0.25) is 4.31 Å². The SMILES string of the molecule is Cc1ccccc1N(C)S(=O)(=O)c1ccnc(N)c1. The molecule has 0 saturated heterocycles. The van der Waals surface area contributed by atoms with Gasteiger partial charge in [-0.05, 0) is 24.6 Å². The van der Waals surface area contributed by atoms with E-state index in [2.05, 4.69) is 4.98 Å². The Morgan fingerprint density at radius 2 is 1.89 bits per heavy atom. The van der Waals surface area contributed by atoms with Crippen LogP contribution in [0.25, 0.3) is 0 Å². The summed E-state index contributed by atoms with van der Waals surface area (Å²) in [5.41, 5.74) is 7.05. The summed E-state index contributed by atoms with van der Waals surface area (Å²) in [7, 11) is -2.10. The molecule has 0 unspecified atom stereocenters. The molecule has 6 heteroatoms. The second kappa shape index (κ2) is 4.89. The van der Waals surface area contributed by atoms with Crippen LogP contribution in [-0.2, 0) is 10.0 Å². The molecule has 0 saturated carbocycles. The van der Waals surface area contributed by atoms with Crippen molar-refractivity contribution in [1.82, 2.24) is 4.98 Å². The number of sulfonamides is 1. The number of nitrogens with zero attached hydrogens (tertiary/aromatic N) is 2. The van der Waals surface area contributed by atoms with E-state index < -0.39 is 10.0 Å². The van der Waals surface area contributed by atoms with E-state index in [0.717, 1.165) is 5.56 Å². The van der Waals surface area contributed by atoms with Gasteiger partial charge in [0.15, 0.2) is 0 Å². The average Bonchev–Trinajstić information content (AvgIpc) is 2.38. The van der Waals surface area contributed by atoms with E-state index in [1.165, 1.54) is 29.7 Å². The quantitative estimate of drug-likeness (QED) is 0.928. The summed E-state index contributed by atoms with van der Waals surface area (Å²) in [6.07, 6.45) is 1.38. The minimum Gasteiger partial charge on any atom is -0.384 e. The molecular formula is C13H15N3O2S. The maximum atomic E-state index is 12.5. The highest BCUT2D eigenvalue weighted by Gasteiger charge is 2.22. The molecule has 0 aliphatic carbocycles. The minimum atomic E-state index is -3.62. The molecule has 1 aromatic carbocycles. The molecule has 2 rings (SSSR count). The lowest BCUT2D eigenvalue weighted by Crippen LogP contribution is -2.27. The van der Waals surface area contributed by atoms with Crippen LogP contribution in [0.5, 0.6) is 0 Å². The summed E-state index contributed by atoms with van der Waals surface area (Å²) in [4.78, 5) is 3.93. The second-order valence-corrected chi connectivity index (χ2v) is 6.14. The van der Waals surface area contributed by atoms with E-state index in [9.17, 15) is 8.42 Å². The number of aromatic nitrogens is 1. The van der Waals surface area contributed by atoms with Crippen molar-refractivity contribution in [1.29, 1.82) is 0 Å². The average molecular weight is 277 g/mol. The van der Waals surface area contributed by atoms with E-state index in [4.69, 9.17) is 5.73 Å². The maximum Gasteiger partial charge on any atom is 0.264 e. The molecule has 0 atom stereocenters. The first-order valence-electron chi connectivity index (χ1n) is 5.69. The maximum absolute atomic E-state index is 12.5. The van der Waals surface area contributed by atoms with Crippen LogP contribution in [0, 0.1) is 6.92 Å². The summed E-state index contributed by atoms with van der Waals surface area (Å²) in [5.74, 6) is 0.180. The van der Waals surface area contributed by atoms with Gasteiger partial charge in [-0.25, -0.2) is 13.4 Å². The van der Waals surface area contributed by atoms with Crippen LogP contribution in [-0.4, -0.2) is 20.4 Å². The highest BCUT2D eigenvalue weighted by Crippen LogP contribution is 2.25. The van der Waals surface area contributed by atoms with Crippen LogP contribution in [0.15, 0.2) is 47.5 Å². The molecule has 1 heterocycles. The summed E-state index contributed by atoms with van der Waals surface area (Å²) in [6, 6.07) is 10.1. The number of pyridine rings is 1. The van der Waals surface area contributed by atoms with Crippen molar-refractivity contribution in [2.24, 2.45) is 0 Å². The summed E-state index contributed by atoms with van der Waals surface area (Å²) < 4.78 is 26.2. The van der Waals surface area contributed by atoms with Crippen LogP contribution in [0.4, 0.5) is 11.5 Å². The fourth-order valence-corrected chi connectivity index (χ4v) is 3.08. The van der Waals surface area contributed by atoms with Gasteiger partial charge in [0.05, 0.1) is 10.6 Å². The van der Waals surface area contributed by atoms with Crippen molar-refractivity contribution >= 4 is 21.5 Å². The number of hydrogen-bond donors (Lipinski definition) is 1. The first-order valence-corrected chi connectivity index (χ1v) is 7.13. The topological polar surface area (TPSA) is 76.3 Å². The number of anilines is 2. The van der Waals surface area contributed by atoms with Crippen LogP contribution >= 0.6 is 0 Å². The fourth-order valence-electron chi connectivity index (χ4n) is 1.79. The van der Waals surface area contributed by atoms with Crippen molar-refractivity contribution in [3.05, 3.63) is 48.2 Å². The normalized spacial score (nSPS) is 11.3. The zero-order valence-electron chi connectivity index (χ0n) is 10.7. The zero-order chi connectivity index (χ0) is 14.0. The van der Waals surface area contributed by atoms with Crippen molar-refractivity contribution in [3.63, 3.8) is 0 Å². The van der Waals surface area contributed by atoms with Gasteiger partial charge >= 0.3 is 0 Å². The third kappa shape index (κ3) is 2.53. The Morgan fingerprint density at radius 1 is 1.21 bits per heavy atom. The molecule has 2 N–H and O–H groups in total. The van der Waals surface area contributed by atoms with Crippen molar-refractivity contribution < 1.29 is 8.42 Å². The molecule has 0 spiro atoms. The van der Waals surface area contributed by atoms with E-state index in [1.54, 1.807) is 12.1 Å². The zero-order valence-corrected chi connectivity index (χ0v) is 11.6. The van der Waals surface area contributed by atoms with Crippen molar-refractivity contribution in [2.45, 2.75) is 11.8 Å². The molecular weight excluding hydrogens is 262 g/mol. The van der Waals surface area contributed by atoms with E-state index in [0.29, 0.717) is 5.69 Å². The molecule has 0 bridgehead atoms. The lowest BCUT2D eigenvalue weighted by Gasteiger charge is -2.21. The Hall–Kier alpha value is -2.08. The Labute approximate surface area is 112 Å². The van der Waals surface area contributed by atoms with Gasteiger partial charge in [0.25, 0.3) is 10.0 Å². The van der Waals surface area contributed by atoms with Gasteiger partial charge in [-0.2, -0.15) is 0 Å². The Kier molecular flexibility index (Phi) is 3.44. The number of aryl methyl sites for hydroxylation is 1. The number of para-hydroxylation sites is 1. The molecule has 100 valence electrons. The highest BCUT2D eigenvalue weighted by molar-refractivity contribution is 7.92. The third-order valence-corrected chi connectivity index (χ3v) is 4.63. The Morgan fingerprint density at radius 3 is 2.53 bits per heavy atom. The molecule has 19 heavy (non-hydrogen) atoms. The number of nitrogens with two attached hydrogens (primary N) is 1. The molecule has 0 radical (unpaired) electrons. The van der Waals surface area contributed by atoms with Crippen molar-refractivity contribution in [3.8, 4) is 0 Å². The van der Waals surface area contributed by atoms with Crippen LogP contribution < -0.4 is 10.0 Å². The molecule has 1 aromatic heterocycles. The lowest BCUT2D eigenvalue weighted by atomic mass is 10.2. The Balaban J connectivity index is 2.49. The standard InChI is InChI=1S/C13H15N3O2S/c1-10-5-3-4-6-12(10)16(2)19(17,18)11-7-8-15-13(14)9-11/h3-9H,1-2H3,(H2,14,15). The van der Waals surface area contributed by atoms with Crippen LogP contribution in [0.3, 0.4) is 0 Å². The fraction of sp³-hybridized carbons (Fsp3) is 0.154. The van der Waals surface area contributed by atoms with Gasteiger partial charge in [0, 0.05) is 19.3 Å². The van der Waals surface area contributed by atoms with Gasteiger partial charge in [0.1, 0.15) is 5.82 Å². The molecule has 0 fully saturated rings. The first-order chi connectivity index (χ1) is 8.93. The molecule has 2 aromatic rings. The van der Waals surface area contributed by atoms with Gasteiger partial charge < -0.3 is 5.73 Å². The minimum absolute atomic E-state index is 0.130.